The summed E-state index contributed by atoms with van der Waals surface area (Å²) >= 11 is 3.42. The van der Waals surface area contributed by atoms with E-state index >= 15 is 0 Å². The molecule has 2 rings (SSSR count). The maximum absolute atomic E-state index is 13.1. The predicted molar refractivity (Wildman–Crippen MR) is 84.7 cm³/mol. The van der Waals surface area contributed by atoms with E-state index in [1.807, 2.05) is 30.3 Å². The Morgan fingerprint density at radius 1 is 1.10 bits per heavy atom. The fourth-order valence-electron chi connectivity index (χ4n) is 2.05. The summed E-state index contributed by atoms with van der Waals surface area (Å²) in [6.07, 6.45) is 0. The zero-order chi connectivity index (χ0) is 14.5. The molecule has 4 heteroatoms. The lowest BCUT2D eigenvalue weighted by atomic mass is 10.1. The van der Waals surface area contributed by atoms with Crippen LogP contribution < -0.4 is 5.73 Å². The summed E-state index contributed by atoms with van der Waals surface area (Å²) in [5.41, 5.74) is 8.78. The average molecular weight is 337 g/mol. The molecule has 0 aliphatic rings. The van der Waals surface area contributed by atoms with E-state index in [1.165, 1.54) is 17.7 Å². The van der Waals surface area contributed by atoms with Crippen LogP contribution in [0.15, 0.2) is 46.9 Å². The van der Waals surface area contributed by atoms with Gasteiger partial charge >= 0.3 is 0 Å². The summed E-state index contributed by atoms with van der Waals surface area (Å²) in [6.45, 7) is 4.67. The third kappa shape index (κ3) is 4.05. The second kappa shape index (κ2) is 6.86. The summed E-state index contributed by atoms with van der Waals surface area (Å²) < 4.78 is 13.9. The molecular weight excluding hydrogens is 319 g/mol. The third-order valence-electron chi connectivity index (χ3n) is 3.24. The summed E-state index contributed by atoms with van der Waals surface area (Å²) in [4.78, 5) is 2.30. The fraction of sp³-hybridized carbons (Fsp3) is 0.250. The molecule has 0 unspecified atom stereocenters. The molecule has 0 saturated carbocycles. The van der Waals surface area contributed by atoms with Crippen molar-refractivity contribution in [2.75, 3.05) is 12.3 Å². The van der Waals surface area contributed by atoms with Crippen molar-refractivity contribution >= 4 is 21.6 Å². The molecule has 2 aromatic rings. The van der Waals surface area contributed by atoms with Gasteiger partial charge < -0.3 is 5.73 Å². The smallest absolute Gasteiger partial charge is 0.124 e. The molecule has 0 bridgehead atoms. The van der Waals surface area contributed by atoms with Gasteiger partial charge in [0.2, 0.25) is 0 Å². The van der Waals surface area contributed by atoms with Gasteiger partial charge in [-0.25, -0.2) is 4.39 Å². The first-order valence-electron chi connectivity index (χ1n) is 6.59. The van der Waals surface area contributed by atoms with Crippen molar-refractivity contribution in [2.45, 2.75) is 20.0 Å². The van der Waals surface area contributed by atoms with Crippen LogP contribution in [0.4, 0.5) is 10.1 Å². The van der Waals surface area contributed by atoms with E-state index in [-0.39, 0.29) is 5.82 Å². The zero-order valence-electron chi connectivity index (χ0n) is 11.4. The van der Waals surface area contributed by atoms with Crippen molar-refractivity contribution in [3.05, 3.63) is 63.9 Å². The van der Waals surface area contributed by atoms with Gasteiger partial charge in [0.05, 0.1) is 0 Å². The normalized spacial score (nSPS) is 11.0. The minimum atomic E-state index is -0.220. The summed E-state index contributed by atoms with van der Waals surface area (Å²) in [7, 11) is 0. The zero-order valence-corrected chi connectivity index (χ0v) is 13.0. The van der Waals surface area contributed by atoms with Crippen LogP contribution in [0.25, 0.3) is 0 Å². The largest absolute Gasteiger partial charge is 0.399 e. The van der Waals surface area contributed by atoms with Gasteiger partial charge in [-0.3, -0.25) is 4.90 Å². The first-order chi connectivity index (χ1) is 9.58. The van der Waals surface area contributed by atoms with E-state index in [4.69, 9.17) is 5.73 Å². The molecule has 0 saturated heterocycles. The molecule has 20 heavy (non-hydrogen) atoms. The number of rotatable bonds is 5. The molecule has 0 heterocycles. The SMILES string of the molecule is CCN(Cc1ccc(N)cc1)Cc1ccc(F)cc1Br. The number of anilines is 1. The van der Waals surface area contributed by atoms with Gasteiger partial charge in [-0.05, 0) is 41.9 Å². The maximum atomic E-state index is 13.1. The van der Waals surface area contributed by atoms with Crippen LogP contribution in [0.5, 0.6) is 0 Å². The molecule has 0 spiro atoms. The Balaban J connectivity index is 2.07. The van der Waals surface area contributed by atoms with Gasteiger partial charge in [0.15, 0.2) is 0 Å². The van der Waals surface area contributed by atoms with Crippen molar-refractivity contribution in [1.29, 1.82) is 0 Å². The van der Waals surface area contributed by atoms with E-state index in [0.29, 0.717) is 0 Å². The lowest BCUT2D eigenvalue weighted by Crippen LogP contribution is -2.22. The third-order valence-corrected chi connectivity index (χ3v) is 3.98. The van der Waals surface area contributed by atoms with Crippen LogP contribution in [0.3, 0.4) is 0 Å². The van der Waals surface area contributed by atoms with Crippen molar-refractivity contribution < 1.29 is 4.39 Å². The Morgan fingerprint density at radius 3 is 2.40 bits per heavy atom. The van der Waals surface area contributed by atoms with E-state index in [0.717, 1.165) is 35.4 Å². The second-order valence-corrected chi connectivity index (χ2v) is 5.63. The van der Waals surface area contributed by atoms with E-state index in [1.54, 1.807) is 0 Å². The molecule has 2 N–H and O–H groups in total. The Kier molecular flexibility index (Phi) is 5.15. The first kappa shape index (κ1) is 15.0. The van der Waals surface area contributed by atoms with Crippen molar-refractivity contribution in [1.82, 2.24) is 4.90 Å². The predicted octanol–water partition coefficient (Wildman–Crippen LogP) is 4.19. The second-order valence-electron chi connectivity index (χ2n) is 4.78. The van der Waals surface area contributed by atoms with Crippen LogP contribution in [0, 0.1) is 5.82 Å². The molecule has 2 nitrogen and oxygen atoms in total. The number of hydrogen-bond donors (Lipinski definition) is 1. The Hall–Kier alpha value is -1.39. The highest BCUT2D eigenvalue weighted by molar-refractivity contribution is 9.10. The number of hydrogen-bond acceptors (Lipinski definition) is 2. The van der Waals surface area contributed by atoms with Crippen LogP contribution in [-0.4, -0.2) is 11.4 Å². The fourth-order valence-corrected chi connectivity index (χ4v) is 2.53. The molecule has 0 aliphatic carbocycles. The Morgan fingerprint density at radius 2 is 1.80 bits per heavy atom. The van der Waals surface area contributed by atoms with Gasteiger partial charge in [-0.2, -0.15) is 0 Å². The highest BCUT2D eigenvalue weighted by Crippen LogP contribution is 2.20. The molecule has 0 aliphatic heterocycles. The maximum Gasteiger partial charge on any atom is 0.124 e. The van der Waals surface area contributed by atoms with Crippen molar-refractivity contribution in [3.63, 3.8) is 0 Å². The molecule has 0 fully saturated rings. The van der Waals surface area contributed by atoms with Crippen LogP contribution >= 0.6 is 15.9 Å². The molecule has 2 aromatic carbocycles. The lowest BCUT2D eigenvalue weighted by Gasteiger charge is -2.21. The topological polar surface area (TPSA) is 29.3 Å². The molecule has 0 aromatic heterocycles. The van der Waals surface area contributed by atoms with Crippen molar-refractivity contribution in [3.8, 4) is 0 Å². The number of nitrogens with two attached hydrogens (primary N) is 1. The highest BCUT2D eigenvalue weighted by Gasteiger charge is 2.08. The monoisotopic (exact) mass is 336 g/mol. The van der Waals surface area contributed by atoms with E-state index in [2.05, 4.69) is 27.8 Å². The molecule has 106 valence electrons. The standard InChI is InChI=1S/C16H18BrFN2/c1-2-20(10-12-3-7-15(19)8-4-12)11-13-5-6-14(18)9-16(13)17/h3-9H,2,10-11,19H2,1H3. The number of nitrogens with zero attached hydrogens (tertiary/aromatic N) is 1. The van der Waals surface area contributed by atoms with Gasteiger partial charge in [-0.15, -0.1) is 0 Å². The van der Waals surface area contributed by atoms with Crippen LogP contribution in [0.1, 0.15) is 18.1 Å². The average Bonchev–Trinajstić information content (AvgIpc) is 2.43. The summed E-state index contributed by atoms with van der Waals surface area (Å²) in [5, 5.41) is 0. The highest BCUT2D eigenvalue weighted by atomic mass is 79.9. The first-order valence-corrected chi connectivity index (χ1v) is 7.38. The number of nitrogen functional groups attached to an aromatic ring is 1. The van der Waals surface area contributed by atoms with Gasteiger partial charge in [-0.1, -0.05) is 41.1 Å². The minimum absolute atomic E-state index is 0.220. The Bertz CT molecular complexity index is 569. The van der Waals surface area contributed by atoms with Crippen LogP contribution in [0.2, 0.25) is 0 Å². The molecular formula is C16H18BrFN2. The molecule has 0 atom stereocenters. The summed E-state index contributed by atoms with van der Waals surface area (Å²) in [5.74, 6) is -0.220. The van der Waals surface area contributed by atoms with Gasteiger partial charge in [0, 0.05) is 23.2 Å². The quantitative estimate of drug-likeness (QED) is 0.829. The molecule has 0 amide bonds. The Labute approximate surface area is 127 Å². The molecule has 0 radical (unpaired) electrons. The number of benzene rings is 2. The van der Waals surface area contributed by atoms with Crippen molar-refractivity contribution in [2.24, 2.45) is 0 Å². The number of halogens is 2. The van der Waals surface area contributed by atoms with E-state index < -0.39 is 0 Å². The summed E-state index contributed by atoms with van der Waals surface area (Å²) in [6, 6.07) is 12.7. The van der Waals surface area contributed by atoms with E-state index in [9.17, 15) is 4.39 Å². The minimum Gasteiger partial charge on any atom is -0.399 e. The van der Waals surface area contributed by atoms with Crippen LogP contribution in [-0.2, 0) is 13.1 Å². The lowest BCUT2D eigenvalue weighted by molar-refractivity contribution is 0.271. The van der Waals surface area contributed by atoms with Gasteiger partial charge in [0.25, 0.3) is 0 Å². The van der Waals surface area contributed by atoms with Gasteiger partial charge in [0.1, 0.15) is 5.82 Å².